The molecule has 0 amide bonds. The van der Waals surface area contributed by atoms with Crippen LogP contribution in [0.5, 0.6) is 0 Å². The number of nitrogens with one attached hydrogen (secondary N) is 1. The van der Waals surface area contributed by atoms with E-state index in [9.17, 15) is 0 Å². The maximum absolute atomic E-state index is 9.03. The zero-order valence-corrected chi connectivity index (χ0v) is 11.1. The molecule has 1 aromatic rings. The summed E-state index contributed by atoms with van der Waals surface area (Å²) >= 11 is 0. The van der Waals surface area contributed by atoms with Crippen molar-refractivity contribution in [2.45, 2.75) is 26.3 Å². The molecule has 0 aliphatic rings. The van der Waals surface area contributed by atoms with Gasteiger partial charge < -0.3 is 15.3 Å². The topological polar surface area (TPSA) is 35.5 Å². The van der Waals surface area contributed by atoms with Crippen molar-refractivity contribution < 1.29 is 5.11 Å². The zero-order chi connectivity index (χ0) is 12.7. The normalized spacial score (nSPS) is 12.5. The second kappa shape index (κ2) is 7.30. The van der Waals surface area contributed by atoms with Gasteiger partial charge in [-0.2, -0.15) is 0 Å². The summed E-state index contributed by atoms with van der Waals surface area (Å²) in [5, 5.41) is 12.5. The summed E-state index contributed by atoms with van der Waals surface area (Å²) in [6, 6.07) is 8.79. The number of anilines is 1. The van der Waals surface area contributed by atoms with Crippen LogP contribution >= 0.6 is 0 Å². The van der Waals surface area contributed by atoms with E-state index in [1.54, 1.807) is 0 Å². The van der Waals surface area contributed by atoms with Crippen molar-refractivity contribution in [1.82, 2.24) is 5.32 Å². The first-order valence-corrected chi connectivity index (χ1v) is 6.38. The van der Waals surface area contributed by atoms with Crippen molar-refractivity contribution in [3.8, 4) is 0 Å². The lowest BCUT2D eigenvalue weighted by atomic mass is 10.0. The first-order chi connectivity index (χ1) is 8.24. The van der Waals surface area contributed by atoms with Gasteiger partial charge in [0.2, 0.25) is 0 Å². The Bertz CT molecular complexity index is 328. The Morgan fingerprint density at radius 1 is 1.29 bits per heavy atom. The number of likely N-dealkylation sites (N-methyl/N-ethyl adjacent to an activating group) is 1. The highest BCUT2D eigenvalue weighted by molar-refractivity contribution is 5.54. The lowest BCUT2D eigenvalue weighted by Gasteiger charge is -2.26. The minimum absolute atomic E-state index is 0.183. The number of aliphatic hydroxyl groups excluding tert-OH is 1. The monoisotopic (exact) mass is 236 g/mol. The molecule has 1 unspecified atom stereocenters. The van der Waals surface area contributed by atoms with E-state index in [-0.39, 0.29) is 6.61 Å². The van der Waals surface area contributed by atoms with Crippen LogP contribution in [0.2, 0.25) is 0 Å². The van der Waals surface area contributed by atoms with Gasteiger partial charge in [-0.25, -0.2) is 0 Å². The second-order valence-electron chi connectivity index (χ2n) is 4.22. The van der Waals surface area contributed by atoms with E-state index in [1.807, 2.05) is 13.1 Å². The fraction of sp³-hybridized carbons (Fsp3) is 0.571. The number of rotatable bonds is 7. The number of benzene rings is 1. The first kappa shape index (κ1) is 14.0. The summed E-state index contributed by atoms with van der Waals surface area (Å²) < 4.78 is 0. The van der Waals surface area contributed by atoms with Crippen LogP contribution in [0.3, 0.4) is 0 Å². The largest absolute Gasteiger partial charge is 0.395 e. The van der Waals surface area contributed by atoms with Crippen LogP contribution in [0.4, 0.5) is 5.69 Å². The molecule has 0 aliphatic carbocycles. The Kier molecular flexibility index (Phi) is 6.01. The number of para-hydroxylation sites is 1. The van der Waals surface area contributed by atoms with Crippen LogP contribution in [0.25, 0.3) is 0 Å². The quantitative estimate of drug-likeness (QED) is 0.761. The fourth-order valence-corrected chi connectivity index (χ4v) is 2.12. The average molecular weight is 236 g/mol. The molecule has 1 aromatic carbocycles. The standard InChI is InChI=1S/C14H24N2O/c1-4-13(15-5-2)12-8-6-7-9-14(12)16(3)10-11-17/h6-9,13,15,17H,4-5,10-11H2,1-3H3. The van der Waals surface area contributed by atoms with Crippen molar-refractivity contribution in [3.05, 3.63) is 29.8 Å². The predicted octanol–water partition coefficient (Wildman–Crippen LogP) is 2.18. The minimum Gasteiger partial charge on any atom is -0.395 e. The van der Waals surface area contributed by atoms with Crippen LogP contribution in [-0.2, 0) is 0 Å². The molecule has 17 heavy (non-hydrogen) atoms. The molecule has 0 heterocycles. The van der Waals surface area contributed by atoms with E-state index in [0.717, 1.165) is 13.0 Å². The average Bonchev–Trinajstić information content (AvgIpc) is 2.36. The van der Waals surface area contributed by atoms with Crippen LogP contribution < -0.4 is 10.2 Å². The number of hydrogen-bond donors (Lipinski definition) is 2. The molecule has 0 saturated heterocycles. The maximum atomic E-state index is 9.03. The number of hydrogen-bond acceptors (Lipinski definition) is 3. The summed E-state index contributed by atoms with van der Waals surface area (Å²) in [4.78, 5) is 2.11. The van der Waals surface area contributed by atoms with Gasteiger partial charge in [-0.05, 0) is 24.6 Å². The van der Waals surface area contributed by atoms with Gasteiger partial charge in [0.1, 0.15) is 0 Å². The molecule has 0 aliphatic heterocycles. The number of aliphatic hydroxyl groups is 1. The van der Waals surface area contributed by atoms with Crippen LogP contribution in [-0.4, -0.2) is 31.9 Å². The van der Waals surface area contributed by atoms with E-state index in [1.165, 1.54) is 11.3 Å². The third kappa shape index (κ3) is 3.72. The summed E-state index contributed by atoms with van der Waals surface area (Å²) in [7, 11) is 2.02. The molecule has 2 N–H and O–H groups in total. The lowest BCUT2D eigenvalue weighted by molar-refractivity contribution is 0.304. The highest BCUT2D eigenvalue weighted by Crippen LogP contribution is 2.27. The van der Waals surface area contributed by atoms with E-state index in [0.29, 0.717) is 12.6 Å². The van der Waals surface area contributed by atoms with Gasteiger partial charge in [0.15, 0.2) is 0 Å². The Labute approximate surface area is 104 Å². The molecule has 0 fully saturated rings. The molecule has 0 bridgehead atoms. The van der Waals surface area contributed by atoms with E-state index in [2.05, 4.69) is 42.3 Å². The van der Waals surface area contributed by atoms with Crippen LogP contribution in [0.1, 0.15) is 31.9 Å². The predicted molar refractivity (Wildman–Crippen MR) is 73.5 cm³/mol. The van der Waals surface area contributed by atoms with Crippen molar-refractivity contribution in [1.29, 1.82) is 0 Å². The van der Waals surface area contributed by atoms with Crippen LogP contribution in [0, 0.1) is 0 Å². The van der Waals surface area contributed by atoms with Crippen molar-refractivity contribution in [2.75, 3.05) is 31.6 Å². The molecular formula is C14H24N2O. The summed E-state index contributed by atoms with van der Waals surface area (Å²) in [5.74, 6) is 0. The lowest BCUT2D eigenvalue weighted by Crippen LogP contribution is -2.26. The van der Waals surface area contributed by atoms with Gasteiger partial charge in [0, 0.05) is 25.3 Å². The molecular weight excluding hydrogens is 212 g/mol. The van der Waals surface area contributed by atoms with Gasteiger partial charge in [-0.1, -0.05) is 32.0 Å². The first-order valence-electron chi connectivity index (χ1n) is 6.38. The Morgan fingerprint density at radius 3 is 2.59 bits per heavy atom. The number of nitrogens with zero attached hydrogens (tertiary/aromatic N) is 1. The van der Waals surface area contributed by atoms with Crippen molar-refractivity contribution in [3.63, 3.8) is 0 Å². The summed E-state index contributed by atoms with van der Waals surface area (Å²) in [5.41, 5.74) is 2.52. The van der Waals surface area contributed by atoms with Gasteiger partial charge in [0.05, 0.1) is 6.61 Å². The molecule has 1 rings (SSSR count). The van der Waals surface area contributed by atoms with E-state index < -0.39 is 0 Å². The Balaban J connectivity index is 2.96. The Hall–Kier alpha value is -1.06. The maximum Gasteiger partial charge on any atom is 0.0606 e. The van der Waals surface area contributed by atoms with Crippen molar-refractivity contribution >= 4 is 5.69 Å². The summed E-state index contributed by atoms with van der Waals surface area (Å²) in [6.45, 7) is 6.14. The third-order valence-corrected chi connectivity index (χ3v) is 3.02. The van der Waals surface area contributed by atoms with Gasteiger partial charge in [-0.15, -0.1) is 0 Å². The smallest absolute Gasteiger partial charge is 0.0606 e. The second-order valence-corrected chi connectivity index (χ2v) is 4.22. The third-order valence-electron chi connectivity index (χ3n) is 3.02. The molecule has 0 spiro atoms. The van der Waals surface area contributed by atoms with Gasteiger partial charge in [-0.3, -0.25) is 0 Å². The van der Waals surface area contributed by atoms with Crippen LogP contribution in [0.15, 0.2) is 24.3 Å². The molecule has 0 aromatic heterocycles. The molecule has 3 nitrogen and oxygen atoms in total. The van der Waals surface area contributed by atoms with E-state index >= 15 is 0 Å². The Morgan fingerprint density at radius 2 is 2.00 bits per heavy atom. The van der Waals surface area contributed by atoms with E-state index in [4.69, 9.17) is 5.11 Å². The minimum atomic E-state index is 0.183. The molecule has 0 radical (unpaired) electrons. The molecule has 3 heteroatoms. The van der Waals surface area contributed by atoms with Gasteiger partial charge >= 0.3 is 0 Å². The fourth-order valence-electron chi connectivity index (χ4n) is 2.12. The highest BCUT2D eigenvalue weighted by atomic mass is 16.3. The highest BCUT2D eigenvalue weighted by Gasteiger charge is 2.14. The van der Waals surface area contributed by atoms with Gasteiger partial charge in [0.25, 0.3) is 0 Å². The zero-order valence-electron chi connectivity index (χ0n) is 11.1. The van der Waals surface area contributed by atoms with Crippen molar-refractivity contribution in [2.24, 2.45) is 0 Å². The molecule has 96 valence electrons. The SMILES string of the molecule is CCNC(CC)c1ccccc1N(C)CCO. The molecule has 1 atom stereocenters. The summed E-state index contributed by atoms with van der Waals surface area (Å²) in [6.07, 6.45) is 1.07. The molecule has 0 saturated carbocycles.